The normalized spacial score (nSPS) is 12.1. The van der Waals surface area contributed by atoms with Gasteiger partial charge in [-0.2, -0.15) is 4.98 Å². The molecule has 5 heterocycles. The number of benzene rings is 6. The summed E-state index contributed by atoms with van der Waals surface area (Å²) in [5, 5.41) is 8.10. The van der Waals surface area contributed by atoms with Crippen molar-refractivity contribution in [3.8, 4) is 17.3 Å². The van der Waals surface area contributed by atoms with Crippen molar-refractivity contribution < 1.29 is 8.83 Å². The Morgan fingerprint density at radius 1 is 0.490 bits per heavy atom. The fourth-order valence-electron chi connectivity index (χ4n) is 7.77. The summed E-state index contributed by atoms with van der Waals surface area (Å²) in [5.41, 5.74) is 8.30. The number of hydrogen-bond acceptors (Lipinski definition) is 4. The molecule has 0 aliphatic heterocycles. The second-order valence-corrected chi connectivity index (χ2v) is 15.1. The van der Waals surface area contributed by atoms with Gasteiger partial charge in [-0.25, -0.2) is 9.55 Å². The maximum absolute atomic E-state index is 6.78. The lowest BCUT2D eigenvalue weighted by molar-refractivity contribution is 0.573. The number of aromatic nitrogens is 4. The van der Waals surface area contributed by atoms with E-state index in [-0.39, 0.29) is 0 Å². The lowest BCUT2D eigenvalue weighted by atomic mass is 10.1. The molecule has 0 unspecified atom stereocenters. The van der Waals surface area contributed by atoms with E-state index in [4.69, 9.17) is 18.8 Å². The van der Waals surface area contributed by atoms with Crippen LogP contribution < -0.4 is 10.4 Å². The monoisotopic (exact) mass is 671 g/mol. The van der Waals surface area contributed by atoms with Crippen molar-refractivity contribution in [2.24, 2.45) is 0 Å². The highest BCUT2D eigenvalue weighted by Crippen LogP contribution is 2.38. The maximum Gasteiger partial charge on any atom is 0.309 e. The van der Waals surface area contributed by atoms with Crippen molar-refractivity contribution in [2.75, 3.05) is 0 Å². The van der Waals surface area contributed by atoms with Crippen LogP contribution in [0.15, 0.2) is 173 Å². The first-order valence-corrected chi connectivity index (χ1v) is 18.4. The van der Waals surface area contributed by atoms with E-state index in [2.05, 4.69) is 148 Å². The van der Waals surface area contributed by atoms with Crippen LogP contribution in [0.25, 0.3) is 83.1 Å². The first-order valence-electron chi connectivity index (χ1n) is 17.0. The molecule has 0 bridgehead atoms. The molecule has 51 heavy (non-hydrogen) atoms. The number of furan rings is 1. The number of oxazole rings is 1. The molecule has 11 aromatic rings. The predicted octanol–water partition coefficient (Wildman–Crippen LogP) is 9.49. The minimum absolute atomic E-state index is 0.486. The van der Waals surface area contributed by atoms with Crippen LogP contribution in [0.4, 0.5) is 0 Å². The lowest BCUT2D eigenvalue weighted by Gasteiger charge is -2.20. The Bertz CT molecular complexity index is 3060. The zero-order valence-electron chi connectivity index (χ0n) is 27.2. The number of hydrogen-bond donors (Lipinski definition) is 0. The minimum atomic E-state index is -1.53. The number of nitrogens with zero attached hydrogens (tertiary/aromatic N) is 4. The highest BCUT2D eigenvalue weighted by molar-refractivity contribution is 6.85. The second kappa shape index (κ2) is 10.9. The zero-order chi connectivity index (χ0) is 33.5. The molecule has 1 radical (unpaired) electrons. The first kappa shape index (κ1) is 28.2. The second-order valence-electron chi connectivity index (χ2n) is 12.8. The van der Waals surface area contributed by atoms with E-state index >= 15 is 0 Å². The Balaban J connectivity index is 1.21. The first-order chi connectivity index (χ1) is 25.3. The van der Waals surface area contributed by atoms with E-state index in [9.17, 15) is 0 Å². The Kier molecular flexibility index (Phi) is 6.02. The van der Waals surface area contributed by atoms with Gasteiger partial charge in [0.2, 0.25) is 8.96 Å². The quantitative estimate of drug-likeness (QED) is 0.171. The van der Waals surface area contributed by atoms with Crippen molar-refractivity contribution in [1.82, 2.24) is 18.8 Å². The summed E-state index contributed by atoms with van der Waals surface area (Å²) in [6.07, 6.45) is 1.73. The molecule has 0 atom stereocenters. The Morgan fingerprint density at radius 3 is 1.96 bits per heavy atom. The van der Waals surface area contributed by atoms with Gasteiger partial charge < -0.3 is 13.1 Å². The molecule has 0 saturated carbocycles. The highest BCUT2D eigenvalue weighted by Gasteiger charge is 2.28. The summed E-state index contributed by atoms with van der Waals surface area (Å²) in [4.78, 5) is 10.7. The summed E-state index contributed by atoms with van der Waals surface area (Å²) in [5.74, 6) is 0. The van der Waals surface area contributed by atoms with Gasteiger partial charge in [0.15, 0.2) is 5.58 Å². The smallest absolute Gasteiger partial charge is 0.309 e. The number of fused-ring (bicyclic) bond motifs is 9. The molecular weight excluding hydrogens is 645 g/mol. The standard InChI is InChI=1S/C44H27N4O2Si/c1-3-12-28(13-4-1)51(29-14-5-2-6-15-29)48-38-20-10-8-16-31(38)34-23-25-40-41(42(34)48)46-44(50-40)47-37-19-9-7-17-32(37)35-22-24-36(45-43(35)47)30-18-11-21-39-33(30)26-27-49-39/h1-27H. The van der Waals surface area contributed by atoms with E-state index in [0.29, 0.717) is 6.01 Å². The highest BCUT2D eigenvalue weighted by atomic mass is 28.3. The number of para-hydroxylation sites is 2. The van der Waals surface area contributed by atoms with Crippen molar-refractivity contribution in [3.05, 3.63) is 164 Å². The molecule has 6 nitrogen and oxygen atoms in total. The largest absolute Gasteiger partial charge is 0.464 e. The summed E-state index contributed by atoms with van der Waals surface area (Å²) in [6.45, 7) is 0. The average molecular weight is 672 g/mol. The molecule has 7 heteroatoms. The van der Waals surface area contributed by atoms with E-state index < -0.39 is 8.96 Å². The predicted molar refractivity (Wildman–Crippen MR) is 208 cm³/mol. The van der Waals surface area contributed by atoms with Gasteiger partial charge >= 0.3 is 6.01 Å². The molecule has 0 amide bonds. The third kappa shape index (κ3) is 4.16. The number of pyridine rings is 1. The molecule has 0 fully saturated rings. The van der Waals surface area contributed by atoms with E-state index in [0.717, 1.165) is 66.2 Å². The van der Waals surface area contributed by atoms with Crippen molar-refractivity contribution in [3.63, 3.8) is 0 Å². The van der Waals surface area contributed by atoms with Crippen LogP contribution in [0.5, 0.6) is 0 Å². The van der Waals surface area contributed by atoms with Crippen LogP contribution in [0.2, 0.25) is 0 Å². The van der Waals surface area contributed by atoms with Gasteiger partial charge in [0.25, 0.3) is 0 Å². The summed E-state index contributed by atoms with van der Waals surface area (Å²) in [7, 11) is -1.53. The minimum Gasteiger partial charge on any atom is -0.464 e. The zero-order valence-corrected chi connectivity index (χ0v) is 28.2. The molecule has 0 aliphatic rings. The van der Waals surface area contributed by atoms with Crippen LogP contribution >= 0.6 is 0 Å². The van der Waals surface area contributed by atoms with Gasteiger partial charge in [0.05, 0.1) is 23.0 Å². The van der Waals surface area contributed by atoms with E-state index in [1.807, 2.05) is 18.2 Å². The van der Waals surface area contributed by atoms with E-state index in [1.54, 1.807) is 6.26 Å². The molecule has 0 N–H and O–H groups in total. The van der Waals surface area contributed by atoms with E-state index in [1.165, 1.54) is 21.3 Å². The third-order valence-electron chi connectivity index (χ3n) is 9.98. The molecule has 11 rings (SSSR count). The van der Waals surface area contributed by atoms with Crippen molar-refractivity contribution in [1.29, 1.82) is 0 Å². The summed E-state index contributed by atoms with van der Waals surface area (Å²) in [6, 6.07) is 55.9. The van der Waals surface area contributed by atoms with Crippen LogP contribution in [0.3, 0.4) is 0 Å². The van der Waals surface area contributed by atoms with Gasteiger partial charge in [-0.3, -0.25) is 0 Å². The summed E-state index contributed by atoms with van der Waals surface area (Å²) >= 11 is 0. The Hall–Kier alpha value is -6.70. The van der Waals surface area contributed by atoms with Crippen molar-refractivity contribution >= 4 is 85.1 Å². The van der Waals surface area contributed by atoms with Gasteiger partial charge in [-0.1, -0.05) is 109 Å². The molecule has 0 spiro atoms. The SMILES string of the molecule is c1ccc([Si](c2ccccc2)n2c3ccccc3c3ccc4oc(-n5c6ccccc6c6ccc(-c7cccc8occc78)nc65)nc4c32)cc1. The van der Waals surface area contributed by atoms with Gasteiger partial charge in [0.1, 0.15) is 16.7 Å². The van der Waals surface area contributed by atoms with Crippen LogP contribution in [-0.2, 0) is 0 Å². The molecule has 0 aliphatic carbocycles. The third-order valence-corrected chi connectivity index (χ3v) is 12.7. The fraction of sp³-hybridized carbons (Fsp3) is 0. The summed E-state index contributed by atoms with van der Waals surface area (Å²) < 4.78 is 17.1. The van der Waals surface area contributed by atoms with Gasteiger partial charge in [-0.05, 0) is 58.9 Å². The topological polar surface area (TPSA) is 61.9 Å². The molecule has 5 aromatic heterocycles. The average Bonchev–Trinajstić information content (AvgIpc) is 3.98. The molecule has 0 saturated heterocycles. The Morgan fingerprint density at radius 2 is 1.18 bits per heavy atom. The van der Waals surface area contributed by atoms with Crippen LogP contribution in [-0.4, -0.2) is 27.7 Å². The van der Waals surface area contributed by atoms with Crippen LogP contribution in [0.1, 0.15) is 0 Å². The molecule has 239 valence electrons. The molecule has 6 aromatic carbocycles. The maximum atomic E-state index is 6.78. The van der Waals surface area contributed by atoms with Crippen LogP contribution in [0, 0.1) is 0 Å². The Labute approximate surface area is 293 Å². The lowest BCUT2D eigenvalue weighted by Crippen LogP contribution is -2.48. The van der Waals surface area contributed by atoms with Gasteiger partial charge in [0, 0.05) is 38.0 Å². The van der Waals surface area contributed by atoms with Gasteiger partial charge in [-0.15, -0.1) is 0 Å². The molecular formula is C44H27N4O2Si. The fourth-order valence-corrected chi connectivity index (χ4v) is 10.5. The number of rotatable bonds is 5. The van der Waals surface area contributed by atoms with Crippen molar-refractivity contribution in [2.45, 2.75) is 0 Å².